The highest BCUT2D eigenvalue weighted by atomic mass is 32.1. The Hall–Kier alpha value is -1.95. The first-order valence-corrected chi connectivity index (χ1v) is 7.95. The lowest BCUT2D eigenvalue weighted by molar-refractivity contribution is -0.126. The number of aryl methyl sites for hydroxylation is 1. The topological polar surface area (TPSA) is 70.2 Å². The number of amides is 2. The molecule has 2 amide bonds. The van der Waals surface area contributed by atoms with Crippen molar-refractivity contribution in [1.82, 2.24) is 16.2 Å². The van der Waals surface area contributed by atoms with E-state index in [1.807, 2.05) is 19.1 Å². The van der Waals surface area contributed by atoms with Crippen LogP contribution in [-0.2, 0) is 4.79 Å². The predicted octanol–water partition coefficient (Wildman–Crippen LogP) is 2.21. The van der Waals surface area contributed by atoms with Gasteiger partial charge in [-0.1, -0.05) is 37.0 Å². The van der Waals surface area contributed by atoms with E-state index in [-0.39, 0.29) is 22.8 Å². The first-order valence-electron chi connectivity index (χ1n) is 7.54. The molecule has 0 atom stereocenters. The highest BCUT2D eigenvalue weighted by Gasteiger charge is 2.21. The molecule has 0 bridgehead atoms. The molecule has 0 aliphatic heterocycles. The van der Waals surface area contributed by atoms with Crippen LogP contribution in [0.5, 0.6) is 0 Å². The molecule has 0 unspecified atom stereocenters. The minimum absolute atomic E-state index is 0.0388. The summed E-state index contributed by atoms with van der Waals surface area (Å²) >= 11 is 5.02. The SMILES string of the molecule is Cc1ccc(C(=O)NC(=S)NNC(=O)C2CCCCC2)cc1. The highest BCUT2D eigenvalue weighted by Crippen LogP contribution is 2.23. The Kier molecular flexibility index (Phi) is 5.89. The first-order chi connectivity index (χ1) is 10.6. The fraction of sp³-hybridized carbons (Fsp3) is 0.438. The Morgan fingerprint density at radius 3 is 2.32 bits per heavy atom. The number of carbonyl (C=O) groups is 2. The Balaban J connectivity index is 1.76. The molecule has 6 heteroatoms. The van der Waals surface area contributed by atoms with Crippen LogP contribution < -0.4 is 16.2 Å². The number of hydrazine groups is 1. The minimum Gasteiger partial charge on any atom is -0.298 e. The van der Waals surface area contributed by atoms with Gasteiger partial charge in [-0.05, 0) is 44.1 Å². The van der Waals surface area contributed by atoms with Crippen LogP contribution in [0.1, 0.15) is 48.0 Å². The van der Waals surface area contributed by atoms with Crippen molar-refractivity contribution in [2.45, 2.75) is 39.0 Å². The largest absolute Gasteiger partial charge is 0.298 e. The van der Waals surface area contributed by atoms with Crippen LogP contribution in [0, 0.1) is 12.8 Å². The lowest BCUT2D eigenvalue weighted by Crippen LogP contribution is -2.50. The molecule has 5 nitrogen and oxygen atoms in total. The van der Waals surface area contributed by atoms with Gasteiger partial charge in [0.2, 0.25) is 5.91 Å². The van der Waals surface area contributed by atoms with Gasteiger partial charge in [-0.3, -0.25) is 25.8 Å². The highest BCUT2D eigenvalue weighted by molar-refractivity contribution is 7.80. The van der Waals surface area contributed by atoms with E-state index in [4.69, 9.17) is 12.2 Å². The minimum atomic E-state index is -0.301. The van der Waals surface area contributed by atoms with Gasteiger partial charge in [0, 0.05) is 11.5 Å². The van der Waals surface area contributed by atoms with Crippen molar-refractivity contribution in [3.05, 3.63) is 35.4 Å². The summed E-state index contributed by atoms with van der Waals surface area (Å²) in [7, 11) is 0. The van der Waals surface area contributed by atoms with Crippen molar-refractivity contribution in [1.29, 1.82) is 0 Å². The third kappa shape index (κ3) is 4.80. The van der Waals surface area contributed by atoms with Gasteiger partial charge < -0.3 is 0 Å². The second-order valence-corrected chi connectivity index (χ2v) is 6.01. The molecule has 3 N–H and O–H groups in total. The summed E-state index contributed by atoms with van der Waals surface area (Å²) in [5, 5.41) is 2.63. The molecule has 0 heterocycles. The number of hydrogen-bond donors (Lipinski definition) is 3. The Morgan fingerprint density at radius 1 is 1.05 bits per heavy atom. The van der Waals surface area contributed by atoms with E-state index >= 15 is 0 Å². The summed E-state index contributed by atoms with van der Waals surface area (Å²) < 4.78 is 0. The van der Waals surface area contributed by atoms with Gasteiger partial charge in [0.15, 0.2) is 5.11 Å². The van der Waals surface area contributed by atoms with Crippen molar-refractivity contribution < 1.29 is 9.59 Å². The molecule has 1 saturated carbocycles. The fourth-order valence-corrected chi connectivity index (χ4v) is 2.64. The van der Waals surface area contributed by atoms with Gasteiger partial charge in [-0.15, -0.1) is 0 Å². The second kappa shape index (κ2) is 7.89. The molecule has 1 aromatic rings. The van der Waals surface area contributed by atoms with Crippen molar-refractivity contribution in [2.24, 2.45) is 5.92 Å². The zero-order valence-corrected chi connectivity index (χ0v) is 13.5. The first kappa shape index (κ1) is 16.4. The number of rotatable bonds is 2. The van der Waals surface area contributed by atoms with Gasteiger partial charge in [0.25, 0.3) is 5.91 Å². The van der Waals surface area contributed by atoms with Crippen molar-refractivity contribution >= 4 is 29.1 Å². The normalized spacial score (nSPS) is 15.0. The quantitative estimate of drug-likeness (QED) is 0.577. The number of hydrogen-bond acceptors (Lipinski definition) is 3. The van der Waals surface area contributed by atoms with Crippen LogP contribution in [0.4, 0.5) is 0 Å². The van der Waals surface area contributed by atoms with Gasteiger partial charge in [-0.2, -0.15) is 0 Å². The molecule has 1 aliphatic carbocycles. The summed E-state index contributed by atoms with van der Waals surface area (Å²) in [6.07, 6.45) is 5.20. The maximum atomic E-state index is 12.0. The van der Waals surface area contributed by atoms with Gasteiger partial charge in [-0.25, -0.2) is 0 Å². The molecule has 0 aromatic heterocycles. The monoisotopic (exact) mass is 319 g/mol. The zero-order valence-electron chi connectivity index (χ0n) is 12.6. The van der Waals surface area contributed by atoms with E-state index in [0.29, 0.717) is 5.56 Å². The predicted molar refractivity (Wildman–Crippen MR) is 89.1 cm³/mol. The maximum absolute atomic E-state index is 12.0. The summed E-state index contributed by atoms with van der Waals surface area (Å²) in [5.74, 6) is -0.326. The number of benzene rings is 1. The zero-order chi connectivity index (χ0) is 15.9. The van der Waals surface area contributed by atoms with E-state index < -0.39 is 0 Å². The summed E-state index contributed by atoms with van der Waals surface area (Å²) in [6.45, 7) is 1.95. The van der Waals surface area contributed by atoms with Gasteiger partial charge in [0.1, 0.15) is 0 Å². The third-order valence-electron chi connectivity index (χ3n) is 3.82. The molecule has 2 rings (SSSR count). The molecule has 22 heavy (non-hydrogen) atoms. The molecule has 0 saturated heterocycles. The molecule has 1 aliphatic rings. The van der Waals surface area contributed by atoms with Gasteiger partial charge in [0.05, 0.1) is 0 Å². The molecule has 118 valence electrons. The maximum Gasteiger partial charge on any atom is 0.257 e. The lowest BCUT2D eigenvalue weighted by Gasteiger charge is -2.21. The smallest absolute Gasteiger partial charge is 0.257 e. The standard InChI is InChI=1S/C16H21N3O2S/c1-11-7-9-13(10-8-11)14(20)17-16(22)19-18-15(21)12-5-3-2-4-6-12/h7-10,12H,2-6H2,1H3,(H,18,21)(H2,17,19,20,22). The van der Waals surface area contributed by atoms with Gasteiger partial charge >= 0.3 is 0 Å². The molecule has 0 spiro atoms. The Bertz CT molecular complexity index is 551. The summed E-state index contributed by atoms with van der Waals surface area (Å²) in [5.41, 5.74) is 6.77. The summed E-state index contributed by atoms with van der Waals surface area (Å²) in [6, 6.07) is 7.17. The van der Waals surface area contributed by atoms with Crippen LogP contribution in [0.25, 0.3) is 0 Å². The van der Waals surface area contributed by atoms with Crippen LogP contribution in [0.15, 0.2) is 24.3 Å². The third-order valence-corrected chi connectivity index (χ3v) is 4.02. The second-order valence-electron chi connectivity index (χ2n) is 5.60. The molecular formula is C16H21N3O2S. The average Bonchev–Trinajstić information content (AvgIpc) is 2.54. The van der Waals surface area contributed by atoms with E-state index in [1.165, 1.54) is 6.42 Å². The van der Waals surface area contributed by atoms with E-state index in [0.717, 1.165) is 31.2 Å². The van der Waals surface area contributed by atoms with E-state index in [2.05, 4.69) is 16.2 Å². The van der Waals surface area contributed by atoms with Crippen LogP contribution in [-0.4, -0.2) is 16.9 Å². The molecule has 1 aromatic carbocycles. The van der Waals surface area contributed by atoms with E-state index in [9.17, 15) is 9.59 Å². The molecule has 0 radical (unpaired) electrons. The number of carbonyl (C=O) groups excluding carboxylic acids is 2. The Labute approximate surface area is 135 Å². The molecular weight excluding hydrogens is 298 g/mol. The van der Waals surface area contributed by atoms with Crippen LogP contribution in [0.3, 0.4) is 0 Å². The van der Waals surface area contributed by atoms with Crippen molar-refractivity contribution in [3.63, 3.8) is 0 Å². The number of nitrogens with one attached hydrogen (secondary N) is 3. The average molecular weight is 319 g/mol. The van der Waals surface area contributed by atoms with Crippen molar-refractivity contribution in [3.8, 4) is 0 Å². The lowest BCUT2D eigenvalue weighted by atomic mass is 9.89. The van der Waals surface area contributed by atoms with Crippen LogP contribution >= 0.6 is 12.2 Å². The summed E-state index contributed by atoms with van der Waals surface area (Å²) in [4.78, 5) is 23.9. The molecule has 1 fully saturated rings. The number of thiocarbonyl (C=S) groups is 1. The van der Waals surface area contributed by atoms with E-state index in [1.54, 1.807) is 12.1 Å². The fourth-order valence-electron chi connectivity index (χ4n) is 2.50. The van der Waals surface area contributed by atoms with Crippen molar-refractivity contribution in [2.75, 3.05) is 0 Å². The van der Waals surface area contributed by atoms with Crippen LogP contribution in [0.2, 0.25) is 0 Å². The Morgan fingerprint density at radius 2 is 1.68 bits per heavy atom.